The van der Waals surface area contributed by atoms with Crippen molar-refractivity contribution >= 4 is 5.57 Å². The number of rotatable bonds is 6. The fraction of sp³-hybridized carbons (Fsp3) is 0.769. The van der Waals surface area contributed by atoms with E-state index in [1.165, 1.54) is 24.8 Å². The van der Waals surface area contributed by atoms with Crippen molar-refractivity contribution in [2.75, 3.05) is 20.1 Å². The molecule has 0 saturated carbocycles. The Morgan fingerprint density at radius 2 is 2.17 bits per heavy atom. The molecule has 0 spiro atoms. The molecule has 2 heterocycles. The molecular formula is C13H23N5. The Hall–Kier alpha value is -1.23. The van der Waals surface area contributed by atoms with Gasteiger partial charge in [-0.1, -0.05) is 32.3 Å². The van der Waals surface area contributed by atoms with Gasteiger partial charge in [-0.25, -0.2) is 0 Å². The number of tetrazole rings is 1. The molecule has 0 amide bonds. The predicted molar refractivity (Wildman–Crippen MR) is 72.1 cm³/mol. The van der Waals surface area contributed by atoms with Crippen LogP contribution in [-0.2, 0) is 6.54 Å². The first-order valence-electron chi connectivity index (χ1n) is 6.95. The predicted octanol–water partition coefficient (Wildman–Crippen LogP) is 1.97. The van der Waals surface area contributed by atoms with E-state index >= 15 is 0 Å². The van der Waals surface area contributed by atoms with Gasteiger partial charge in [0.05, 0.1) is 6.54 Å². The summed E-state index contributed by atoms with van der Waals surface area (Å²) in [5.74, 6) is 0.803. The minimum atomic E-state index is 0.803. The van der Waals surface area contributed by atoms with Gasteiger partial charge in [0.2, 0.25) is 5.82 Å². The number of aryl methyl sites for hydroxylation is 1. The van der Waals surface area contributed by atoms with Crippen molar-refractivity contribution in [1.29, 1.82) is 0 Å². The normalized spacial score (nSPS) is 16.9. The smallest absolute Gasteiger partial charge is 0.201 e. The maximum atomic E-state index is 4.47. The number of hydrogen-bond donors (Lipinski definition) is 0. The zero-order valence-corrected chi connectivity index (χ0v) is 11.5. The number of nitrogens with zero attached hydrogens (tertiary/aromatic N) is 5. The summed E-state index contributed by atoms with van der Waals surface area (Å²) in [6.45, 7) is 5.16. The fourth-order valence-electron chi connectivity index (χ4n) is 2.20. The van der Waals surface area contributed by atoms with Gasteiger partial charge in [-0.15, -0.1) is 10.2 Å². The molecule has 5 heteroatoms. The third kappa shape index (κ3) is 3.63. The Morgan fingerprint density at radius 1 is 1.28 bits per heavy atom. The van der Waals surface area contributed by atoms with Crippen LogP contribution in [0.1, 0.15) is 44.9 Å². The summed E-state index contributed by atoms with van der Waals surface area (Å²) < 4.78 is 0. The van der Waals surface area contributed by atoms with Gasteiger partial charge in [-0.05, 0) is 25.1 Å². The molecule has 0 N–H and O–H groups in total. The van der Waals surface area contributed by atoms with E-state index in [1.54, 1.807) is 4.80 Å². The van der Waals surface area contributed by atoms with Crippen molar-refractivity contribution in [1.82, 2.24) is 25.1 Å². The van der Waals surface area contributed by atoms with E-state index < -0.39 is 0 Å². The van der Waals surface area contributed by atoms with E-state index in [0.717, 1.165) is 38.3 Å². The highest BCUT2D eigenvalue weighted by Crippen LogP contribution is 2.15. The van der Waals surface area contributed by atoms with Crippen molar-refractivity contribution in [2.24, 2.45) is 0 Å². The monoisotopic (exact) mass is 249 g/mol. The largest absolute Gasteiger partial charge is 0.302 e. The lowest BCUT2D eigenvalue weighted by Crippen LogP contribution is -2.25. The van der Waals surface area contributed by atoms with Gasteiger partial charge >= 0.3 is 0 Å². The van der Waals surface area contributed by atoms with E-state index in [0.29, 0.717) is 0 Å². The zero-order chi connectivity index (χ0) is 12.8. The van der Waals surface area contributed by atoms with Crippen LogP contribution in [0.25, 0.3) is 5.57 Å². The second-order valence-corrected chi connectivity index (χ2v) is 5.03. The molecule has 5 nitrogen and oxygen atoms in total. The van der Waals surface area contributed by atoms with E-state index in [-0.39, 0.29) is 0 Å². The standard InChI is InChI=1S/C13H23N5/c1-3-4-5-6-10-18-15-13(14-16-18)12-8-7-9-17(2)11-12/h8H,3-7,9-11H2,1-2H3. The number of unbranched alkanes of at least 4 members (excludes halogenated alkanes) is 3. The van der Waals surface area contributed by atoms with Crippen LogP contribution in [0.15, 0.2) is 6.08 Å². The molecule has 1 aromatic heterocycles. The summed E-state index contributed by atoms with van der Waals surface area (Å²) in [4.78, 5) is 4.03. The quantitative estimate of drug-likeness (QED) is 0.723. The lowest BCUT2D eigenvalue weighted by Gasteiger charge is -2.20. The molecule has 0 unspecified atom stereocenters. The summed E-state index contributed by atoms with van der Waals surface area (Å²) in [5.41, 5.74) is 1.21. The van der Waals surface area contributed by atoms with Crippen LogP contribution >= 0.6 is 0 Å². The van der Waals surface area contributed by atoms with E-state index in [1.807, 2.05) is 0 Å². The van der Waals surface area contributed by atoms with Crippen LogP contribution in [-0.4, -0.2) is 45.2 Å². The molecule has 0 bridgehead atoms. The topological polar surface area (TPSA) is 46.8 Å². The summed E-state index contributed by atoms with van der Waals surface area (Å²) in [6.07, 6.45) is 8.25. The first kappa shape index (κ1) is 13.2. The minimum Gasteiger partial charge on any atom is -0.302 e. The summed E-state index contributed by atoms with van der Waals surface area (Å²) in [7, 11) is 2.13. The second kappa shape index (κ2) is 6.64. The fourth-order valence-corrected chi connectivity index (χ4v) is 2.20. The maximum Gasteiger partial charge on any atom is 0.201 e. The van der Waals surface area contributed by atoms with E-state index in [4.69, 9.17) is 0 Å². The van der Waals surface area contributed by atoms with Crippen LogP contribution in [0.5, 0.6) is 0 Å². The van der Waals surface area contributed by atoms with E-state index in [2.05, 4.69) is 40.4 Å². The molecule has 2 rings (SSSR count). The molecule has 0 aliphatic carbocycles. The van der Waals surface area contributed by atoms with E-state index in [9.17, 15) is 0 Å². The van der Waals surface area contributed by atoms with Crippen LogP contribution in [0, 0.1) is 0 Å². The Kier molecular flexibility index (Phi) is 4.87. The Labute approximate surface area is 109 Å². The van der Waals surface area contributed by atoms with Gasteiger partial charge < -0.3 is 4.90 Å². The average molecular weight is 249 g/mol. The van der Waals surface area contributed by atoms with Crippen LogP contribution in [0.3, 0.4) is 0 Å². The van der Waals surface area contributed by atoms with Crippen molar-refractivity contribution in [3.8, 4) is 0 Å². The first-order chi connectivity index (χ1) is 8.79. The highest BCUT2D eigenvalue weighted by molar-refractivity contribution is 5.61. The SMILES string of the molecule is CCCCCCn1nnc(C2=CCCN(C)C2)n1. The number of aromatic nitrogens is 4. The third-order valence-corrected chi connectivity index (χ3v) is 3.29. The van der Waals surface area contributed by atoms with Crippen LogP contribution < -0.4 is 0 Å². The molecule has 1 aliphatic rings. The van der Waals surface area contributed by atoms with Crippen molar-refractivity contribution in [3.05, 3.63) is 11.9 Å². The average Bonchev–Trinajstić information content (AvgIpc) is 2.83. The molecule has 0 radical (unpaired) electrons. The first-order valence-corrected chi connectivity index (χ1v) is 6.95. The Bertz CT molecular complexity index is 396. The summed E-state index contributed by atoms with van der Waals surface area (Å²) in [6, 6.07) is 0. The Balaban J connectivity index is 1.87. The second-order valence-electron chi connectivity index (χ2n) is 5.03. The summed E-state index contributed by atoms with van der Waals surface area (Å²) in [5, 5.41) is 12.8. The lowest BCUT2D eigenvalue weighted by atomic mass is 10.1. The number of hydrogen-bond acceptors (Lipinski definition) is 4. The van der Waals surface area contributed by atoms with Gasteiger partial charge in [0.15, 0.2) is 0 Å². The molecule has 18 heavy (non-hydrogen) atoms. The van der Waals surface area contributed by atoms with Gasteiger partial charge in [-0.3, -0.25) is 0 Å². The van der Waals surface area contributed by atoms with Crippen LogP contribution in [0.4, 0.5) is 0 Å². The van der Waals surface area contributed by atoms with Crippen molar-refractivity contribution in [3.63, 3.8) is 0 Å². The van der Waals surface area contributed by atoms with Crippen LogP contribution in [0.2, 0.25) is 0 Å². The molecular weight excluding hydrogens is 226 g/mol. The molecule has 0 fully saturated rings. The molecule has 0 saturated heterocycles. The maximum absolute atomic E-state index is 4.47. The molecule has 1 aliphatic heterocycles. The number of likely N-dealkylation sites (N-methyl/N-ethyl adjacent to an activating group) is 1. The third-order valence-electron chi connectivity index (χ3n) is 3.29. The highest BCUT2D eigenvalue weighted by Gasteiger charge is 2.14. The molecule has 100 valence electrons. The minimum absolute atomic E-state index is 0.803. The van der Waals surface area contributed by atoms with Crippen molar-refractivity contribution < 1.29 is 0 Å². The zero-order valence-electron chi connectivity index (χ0n) is 11.5. The summed E-state index contributed by atoms with van der Waals surface area (Å²) >= 11 is 0. The molecule has 1 aromatic rings. The van der Waals surface area contributed by atoms with Gasteiger partial charge in [0.1, 0.15) is 0 Å². The molecule has 0 atom stereocenters. The van der Waals surface area contributed by atoms with Gasteiger partial charge in [-0.2, -0.15) is 4.80 Å². The lowest BCUT2D eigenvalue weighted by molar-refractivity contribution is 0.372. The van der Waals surface area contributed by atoms with Crippen molar-refractivity contribution in [2.45, 2.75) is 45.6 Å². The van der Waals surface area contributed by atoms with Gasteiger partial charge in [0.25, 0.3) is 0 Å². The molecule has 0 aromatic carbocycles. The Morgan fingerprint density at radius 3 is 2.94 bits per heavy atom. The highest BCUT2D eigenvalue weighted by atomic mass is 15.6. The van der Waals surface area contributed by atoms with Gasteiger partial charge in [0, 0.05) is 18.7 Å².